The van der Waals surface area contributed by atoms with Gasteiger partial charge in [-0.1, -0.05) is 51.9 Å². The Morgan fingerprint density at radius 2 is 1.33 bits per heavy atom. The number of rotatable bonds is 11. The highest BCUT2D eigenvalue weighted by atomic mass is 16.5. The van der Waals surface area contributed by atoms with Crippen LogP contribution in [0.25, 0.3) is 0 Å². The van der Waals surface area contributed by atoms with E-state index in [0.29, 0.717) is 6.54 Å². The number of unbranched alkanes of at least 4 members (excludes halogenated alkanes) is 8. The molecule has 0 aliphatic rings. The second-order valence-corrected chi connectivity index (χ2v) is 4.32. The van der Waals surface area contributed by atoms with Gasteiger partial charge in [0.15, 0.2) is 0 Å². The van der Waals surface area contributed by atoms with Crippen LogP contribution in [-0.4, -0.2) is 13.2 Å². The molecule has 0 aromatic rings. The van der Waals surface area contributed by atoms with Gasteiger partial charge < -0.3 is 10.3 Å². The maximum atomic E-state index is 10.9. The lowest BCUT2D eigenvalue weighted by molar-refractivity contribution is -0.847. The van der Waals surface area contributed by atoms with E-state index in [1.165, 1.54) is 51.4 Å². The average Bonchev–Trinajstić information content (AvgIpc) is 2.26. The lowest BCUT2D eigenvalue weighted by atomic mass is 10.1. The van der Waals surface area contributed by atoms with Gasteiger partial charge in [-0.2, -0.15) is 0 Å². The first-order chi connectivity index (χ1) is 7.31. The summed E-state index contributed by atoms with van der Waals surface area (Å²) >= 11 is 0. The van der Waals surface area contributed by atoms with Crippen LogP contribution in [0.15, 0.2) is 0 Å². The Hall–Kier alpha value is -0.120. The van der Waals surface area contributed by atoms with E-state index in [1.54, 1.807) is 0 Å². The summed E-state index contributed by atoms with van der Waals surface area (Å²) in [6.07, 6.45) is 11.7. The van der Waals surface area contributed by atoms with Crippen LogP contribution in [0.5, 0.6) is 0 Å². The first kappa shape index (κ1) is 14.9. The monoisotopic (exact) mass is 216 g/mol. The maximum absolute atomic E-state index is 10.9. The molecular formula is C12H28N2O. The fraction of sp³-hybridized carbons (Fsp3) is 1.00. The standard InChI is InChI=1S/C12H28N2O/c1-2-3-4-5-6-7-8-9-10-11-14(15)12-13/h14H,2-13H2,1H3. The zero-order valence-corrected chi connectivity index (χ0v) is 10.3. The van der Waals surface area contributed by atoms with Gasteiger partial charge >= 0.3 is 0 Å². The van der Waals surface area contributed by atoms with E-state index in [-0.39, 0.29) is 11.7 Å². The summed E-state index contributed by atoms with van der Waals surface area (Å²) in [5, 5.41) is 11.1. The van der Waals surface area contributed by atoms with Gasteiger partial charge in [0.25, 0.3) is 0 Å². The minimum absolute atomic E-state index is 0.206. The molecule has 3 N–H and O–H groups in total. The maximum Gasteiger partial charge on any atom is 0.128 e. The number of hydroxylamine groups is 2. The van der Waals surface area contributed by atoms with Gasteiger partial charge in [-0.05, 0) is 12.8 Å². The molecule has 3 heteroatoms. The summed E-state index contributed by atoms with van der Waals surface area (Å²) in [6, 6.07) is 0. The highest BCUT2D eigenvalue weighted by Gasteiger charge is 1.94. The zero-order valence-electron chi connectivity index (χ0n) is 10.3. The molecule has 3 nitrogen and oxygen atoms in total. The molecule has 0 aromatic heterocycles. The van der Waals surface area contributed by atoms with E-state index in [0.717, 1.165) is 6.42 Å². The van der Waals surface area contributed by atoms with Crippen molar-refractivity contribution in [3.05, 3.63) is 5.21 Å². The SMILES string of the molecule is CCCCCCCCCCC[NH+]([O-])CN. The Morgan fingerprint density at radius 1 is 0.867 bits per heavy atom. The fourth-order valence-corrected chi connectivity index (χ4v) is 1.73. The minimum atomic E-state index is 0.206. The third kappa shape index (κ3) is 11.8. The average molecular weight is 216 g/mol. The normalized spacial score (nSPS) is 13.0. The molecule has 1 atom stereocenters. The van der Waals surface area contributed by atoms with E-state index in [2.05, 4.69) is 6.92 Å². The number of hydrogen-bond acceptors (Lipinski definition) is 2. The van der Waals surface area contributed by atoms with Crippen molar-refractivity contribution in [3.63, 3.8) is 0 Å². The molecule has 0 rings (SSSR count). The summed E-state index contributed by atoms with van der Waals surface area (Å²) in [6.45, 7) is 3.15. The molecule has 15 heavy (non-hydrogen) atoms. The Balaban J connectivity index is 2.92. The van der Waals surface area contributed by atoms with Crippen molar-refractivity contribution in [3.8, 4) is 0 Å². The number of nitrogens with one attached hydrogen (secondary N) is 1. The van der Waals surface area contributed by atoms with Crippen LogP contribution in [0, 0.1) is 5.21 Å². The molecule has 0 bridgehead atoms. The fourth-order valence-electron chi connectivity index (χ4n) is 1.73. The molecule has 0 aliphatic carbocycles. The highest BCUT2D eigenvalue weighted by molar-refractivity contribution is 4.46. The lowest BCUT2D eigenvalue weighted by Crippen LogP contribution is -3.08. The van der Waals surface area contributed by atoms with Crippen molar-refractivity contribution in [1.82, 2.24) is 0 Å². The minimum Gasteiger partial charge on any atom is -0.633 e. The highest BCUT2D eigenvalue weighted by Crippen LogP contribution is 2.08. The third-order valence-electron chi connectivity index (χ3n) is 2.79. The van der Waals surface area contributed by atoms with Crippen molar-refractivity contribution in [2.75, 3.05) is 13.2 Å². The van der Waals surface area contributed by atoms with Gasteiger partial charge in [0.05, 0.1) is 6.54 Å². The summed E-state index contributed by atoms with van der Waals surface area (Å²) in [5.41, 5.74) is 5.23. The van der Waals surface area contributed by atoms with Crippen LogP contribution in [0.2, 0.25) is 0 Å². The lowest BCUT2D eigenvalue weighted by Gasteiger charge is -2.19. The van der Waals surface area contributed by atoms with Crippen molar-refractivity contribution in [2.24, 2.45) is 5.73 Å². The molecule has 92 valence electrons. The molecule has 0 heterocycles. The number of quaternary nitrogens is 1. The van der Waals surface area contributed by atoms with Gasteiger partial charge in [0.1, 0.15) is 6.67 Å². The largest absolute Gasteiger partial charge is 0.633 e. The Bertz CT molecular complexity index is 120. The first-order valence-electron chi connectivity index (χ1n) is 6.53. The van der Waals surface area contributed by atoms with Crippen LogP contribution >= 0.6 is 0 Å². The molecule has 1 unspecified atom stereocenters. The van der Waals surface area contributed by atoms with Crippen molar-refractivity contribution in [1.29, 1.82) is 0 Å². The van der Waals surface area contributed by atoms with Crippen LogP contribution in [0.1, 0.15) is 64.7 Å². The number of hydrogen-bond donors (Lipinski definition) is 2. The Kier molecular flexibility index (Phi) is 11.9. The molecule has 0 saturated carbocycles. The van der Waals surface area contributed by atoms with Gasteiger partial charge in [-0.15, -0.1) is 0 Å². The molecule has 0 saturated heterocycles. The molecule has 0 spiro atoms. The van der Waals surface area contributed by atoms with Gasteiger partial charge in [0, 0.05) is 0 Å². The van der Waals surface area contributed by atoms with E-state index in [9.17, 15) is 5.21 Å². The Labute approximate surface area is 94.6 Å². The van der Waals surface area contributed by atoms with Crippen molar-refractivity contribution in [2.45, 2.75) is 64.7 Å². The van der Waals surface area contributed by atoms with Gasteiger partial charge in [0.2, 0.25) is 0 Å². The summed E-state index contributed by atoms with van der Waals surface area (Å²) in [5.74, 6) is 0. The van der Waals surface area contributed by atoms with E-state index < -0.39 is 0 Å². The molecule has 0 radical (unpaired) electrons. The predicted molar refractivity (Wildman–Crippen MR) is 65.5 cm³/mol. The Morgan fingerprint density at radius 3 is 1.80 bits per heavy atom. The van der Waals surface area contributed by atoms with Crippen molar-refractivity contribution >= 4 is 0 Å². The van der Waals surface area contributed by atoms with Crippen LogP contribution < -0.4 is 10.8 Å². The first-order valence-corrected chi connectivity index (χ1v) is 6.53. The van der Waals surface area contributed by atoms with Crippen molar-refractivity contribution < 1.29 is 5.06 Å². The molecular weight excluding hydrogens is 188 g/mol. The summed E-state index contributed by atoms with van der Waals surface area (Å²) in [7, 11) is 0. The third-order valence-corrected chi connectivity index (χ3v) is 2.79. The smallest absolute Gasteiger partial charge is 0.128 e. The second kappa shape index (κ2) is 12.0. The zero-order chi connectivity index (χ0) is 11.4. The van der Waals surface area contributed by atoms with Crippen LogP contribution in [0.3, 0.4) is 0 Å². The van der Waals surface area contributed by atoms with Crippen LogP contribution in [-0.2, 0) is 0 Å². The summed E-state index contributed by atoms with van der Waals surface area (Å²) in [4.78, 5) is 0. The summed E-state index contributed by atoms with van der Waals surface area (Å²) < 4.78 is 0. The second-order valence-electron chi connectivity index (χ2n) is 4.32. The molecule has 0 aromatic carbocycles. The predicted octanol–water partition coefficient (Wildman–Crippen LogP) is 1.82. The number of nitrogens with two attached hydrogens (primary N) is 1. The van der Waals surface area contributed by atoms with E-state index in [1.807, 2.05) is 0 Å². The van der Waals surface area contributed by atoms with E-state index in [4.69, 9.17) is 5.73 Å². The molecule has 0 fully saturated rings. The van der Waals surface area contributed by atoms with E-state index >= 15 is 0 Å². The van der Waals surface area contributed by atoms with Crippen LogP contribution in [0.4, 0.5) is 0 Å². The molecule has 0 aliphatic heterocycles. The molecule has 0 amide bonds. The van der Waals surface area contributed by atoms with Gasteiger partial charge in [-0.25, -0.2) is 0 Å². The van der Waals surface area contributed by atoms with Gasteiger partial charge in [-0.3, -0.25) is 5.73 Å². The topological polar surface area (TPSA) is 53.5 Å². The quantitative estimate of drug-likeness (QED) is 0.314.